The Kier molecular flexibility index (Phi) is 4.32. The molecule has 0 saturated heterocycles. The van der Waals surface area contributed by atoms with E-state index in [1.165, 1.54) is 10.5 Å². The van der Waals surface area contributed by atoms with Crippen molar-refractivity contribution in [3.63, 3.8) is 0 Å². The first-order valence-electron chi connectivity index (χ1n) is 8.25. The summed E-state index contributed by atoms with van der Waals surface area (Å²) < 4.78 is 5.41. The van der Waals surface area contributed by atoms with Gasteiger partial charge in [-0.25, -0.2) is 4.98 Å². The van der Waals surface area contributed by atoms with Gasteiger partial charge in [0, 0.05) is 21.7 Å². The molecule has 2 aromatic heterocycles. The van der Waals surface area contributed by atoms with Gasteiger partial charge in [-0.2, -0.15) is 5.10 Å². The van der Waals surface area contributed by atoms with Crippen LogP contribution in [-0.2, 0) is 6.42 Å². The van der Waals surface area contributed by atoms with E-state index in [9.17, 15) is 0 Å². The third-order valence-electron chi connectivity index (χ3n) is 4.31. The minimum atomic E-state index is 0.775. The van der Waals surface area contributed by atoms with Crippen molar-refractivity contribution in [2.24, 2.45) is 0 Å². The summed E-state index contributed by atoms with van der Waals surface area (Å²) in [6.45, 7) is 2.05. The average Bonchev–Trinajstić information content (AvgIpc) is 3.02. The van der Waals surface area contributed by atoms with Crippen molar-refractivity contribution in [2.45, 2.75) is 18.2 Å². The molecule has 2 aromatic carbocycles. The number of aryl methyl sites for hydroxylation is 2. The standard InChI is InChI=1S/C20H19N3OS/c1-13-18-19(25-11-10-14-6-4-3-5-7-14)16-12-15(24-2)8-9-17(16)21-20(18)23-22-13/h3-9,12H,10-11H2,1-2H3,(H,21,22,23). The fourth-order valence-corrected chi connectivity index (χ4v) is 4.25. The van der Waals surface area contributed by atoms with Crippen LogP contribution < -0.4 is 4.74 Å². The van der Waals surface area contributed by atoms with Gasteiger partial charge >= 0.3 is 0 Å². The molecule has 4 rings (SSSR count). The summed E-state index contributed by atoms with van der Waals surface area (Å²) in [7, 11) is 1.69. The number of ether oxygens (including phenoxy) is 1. The molecule has 0 aliphatic carbocycles. The van der Waals surface area contributed by atoms with Crippen molar-refractivity contribution in [2.75, 3.05) is 12.9 Å². The van der Waals surface area contributed by atoms with Gasteiger partial charge in [-0.1, -0.05) is 30.3 Å². The average molecular weight is 349 g/mol. The number of aromatic amines is 1. The highest BCUT2D eigenvalue weighted by molar-refractivity contribution is 7.99. The Labute approximate surface area is 150 Å². The van der Waals surface area contributed by atoms with Crippen molar-refractivity contribution < 1.29 is 4.74 Å². The molecule has 0 aliphatic rings. The SMILES string of the molecule is COc1ccc2nc3n[nH]c(C)c3c(SCCc3ccccc3)c2c1. The first-order valence-corrected chi connectivity index (χ1v) is 9.24. The van der Waals surface area contributed by atoms with E-state index >= 15 is 0 Å². The number of nitrogens with one attached hydrogen (secondary N) is 1. The lowest BCUT2D eigenvalue weighted by molar-refractivity contribution is 0.415. The van der Waals surface area contributed by atoms with Crippen molar-refractivity contribution in [1.82, 2.24) is 15.2 Å². The van der Waals surface area contributed by atoms with Gasteiger partial charge in [-0.3, -0.25) is 5.10 Å². The van der Waals surface area contributed by atoms with E-state index in [0.29, 0.717) is 0 Å². The lowest BCUT2D eigenvalue weighted by Gasteiger charge is -2.10. The monoisotopic (exact) mass is 349 g/mol. The first-order chi connectivity index (χ1) is 12.3. The molecule has 5 heteroatoms. The Hall–Kier alpha value is -2.53. The van der Waals surface area contributed by atoms with Gasteiger partial charge in [-0.05, 0) is 37.1 Å². The second kappa shape index (κ2) is 6.76. The summed E-state index contributed by atoms with van der Waals surface area (Å²) in [5, 5.41) is 9.66. The van der Waals surface area contributed by atoms with Gasteiger partial charge in [-0.15, -0.1) is 11.8 Å². The summed E-state index contributed by atoms with van der Waals surface area (Å²) in [6.07, 6.45) is 1.03. The van der Waals surface area contributed by atoms with Gasteiger partial charge < -0.3 is 4.74 Å². The smallest absolute Gasteiger partial charge is 0.182 e. The van der Waals surface area contributed by atoms with E-state index in [1.54, 1.807) is 7.11 Å². The highest BCUT2D eigenvalue weighted by Gasteiger charge is 2.15. The zero-order valence-electron chi connectivity index (χ0n) is 14.2. The number of hydrogen-bond donors (Lipinski definition) is 1. The Bertz CT molecular complexity index is 1030. The number of methoxy groups -OCH3 is 1. The fraction of sp³-hybridized carbons (Fsp3) is 0.200. The molecule has 0 radical (unpaired) electrons. The van der Waals surface area contributed by atoms with Crippen molar-refractivity contribution in [3.8, 4) is 5.75 Å². The molecule has 126 valence electrons. The summed E-state index contributed by atoms with van der Waals surface area (Å²) in [5.74, 6) is 1.85. The van der Waals surface area contributed by atoms with E-state index in [0.717, 1.165) is 45.6 Å². The zero-order chi connectivity index (χ0) is 17.2. The number of pyridine rings is 1. The van der Waals surface area contributed by atoms with E-state index in [4.69, 9.17) is 4.74 Å². The second-order valence-electron chi connectivity index (χ2n) is 5.96. The Balaban J connectivity index is 1.76. The molecule has 0 atom stereocenters. The van der Waals surface area contributed by atoms with Crippen LogP contribution in [0.2, 0.25) is 0 Å². The van der Waals surface area contributed by atoms with E-state index in [-0.39, 0.29) is 0 Å². The maximum Gasteiger partial charge on any atom is 0.182 e. The number of fused-ring (bicyclic) bond motifs is 2. The molecule has 0 fully saturated rings. The van der Waals surface area contributed by atoms with Crippen LogP contribution in [0.3, 0.4) is 0 Å². The summed E-state index contributed by atoms with van der Waals surface area (Å²) in [4.78, 5) is 5.91. The van der Waals surface area contributed by atoms with Crippen LogP contribution in [0.25, 0.3) is 21.9 Å². The van der Waals surface area contributed by atoms with E-state index in [2.05, 4.69) is 51.6 Å². The van der Waals surface area contributed by atoms with Crippen molar-refractivity contribution in [1.29, 1.82) is 0 Å². The van der Waals surface area contributed by atoms with Crippen molar-refractivity contribution in [3.05, 3.63) is 59.8 Å². The number of rotatable bonds is 5. The molecule has 1 N–H and O–H groups in total. The normalized spacial score (nSPS) is 11.3. The van der Waals surface area contributed by atoms with Crippen LogP contribution >= 0.6 is 11.8 Å². The second-order valence-corrected chi connectivity index (χ2v) is 7.06. The first kappa shape index (κ1) is 16.0. The summed E-state index contributed by atoms with van der Waals surface area (Å²) in [5.41, 5.74) is 4.12. The number of aromatic nitrogens is 3. The van der Waals surface area contributed by atoms with Gasteiger partial charge in [0.2, 0.25) is 0 Å². The number of thioether (sulfide) groups is 1. The van der Waals surface area contributed by atoms with Gasteiger partial charge in [0.25, 0.3) is 0 Å². The van der Waals surface area contributed by atoms with E-state index in [1.807, 2.05) is 30.8 Å². The molecule has 0 bridgehead atoms. The van der Waals surface area contributed by atoms with Crippen LogP contribution in [0.4, 0.5) is 0 Å². The predicted molar refractivity (Wildman–Crippen MR) is 104 cm³/mol. The van der Waals surface area contributed by atoms with Gasteiger partial charge in [0.15, 0.2) is 5.65 Å². The molecule has 0 spiro atoms. The number of H-pyrrole nitrogens is 1. The lowest BCUT2D eigenvalue weighted by Crippen LogP contribution is -1.92. The molecular weight excluding hydrogens is 330 g/mol. The molecule has 4 aromatic rings. The molecule has 0 aliphatic heterocycles. The topological polar surface area (TPSA) is 50.8 Å². The molecule has 2 heterocycles. The van der Waals surface area contributed by atoms with E-state index < -0.39 is 0 Å². The largest absolute Gasteiger partial charge is 0.497 e. The van der Waals surface area contributed by atoms with Crippen LogP contribution in [0.15, 0.2) is 53.4 Å². The maximum atomic E-state index is 5.41. The van der Waals surface area contributed by atoms with Crippen LogP contribution in [0.1, 0.15) is 11.3 Å². The predicted octanol–water partition coefficient (Wildman–Crippen LogP) is 4.76. The zero-order valence-corrected chi connectivity index (χ0v) is 15.1. The van der Waals surface area contributed by atoms with Gasteiger partial charge in [0.05, 0.1) is 18.0 Å². The highest BCUT2D eigenvalue weighted by Crippen LogP contribution is 2.36. The number of hydrogen-bond acceptors (Lipinski definition) is 4. The Morgan fingerprint density at radius 3 is 2.76 bits per heavy atom. The lowest BCUT2D eigenvalue weighted by atomic mass is 10.1. The molecule has 0 unspecified atom stereocenters. The fourth-order valence-electron chi connectivity index (χ4n) is 3.00. The molecular formula is C20H19N3OS. The summed E-state index contributed by atoms with van der Waals surface area (Å²) >= 11 is 1.86. The Morgan fingerprint density at radius 2 is 1.96 bits per heavy atom. The van der Waals surface area contributed by atoms with Crippen LogP contribution in [0.5, 0.6) is 5.75 Å². The maximum absolute atomic E-state index is 5.41. The molecule has 25 heavy (non-hydrogen) atoms. The number of benzene rings is 2. The van der Waals surface area contributed by atoms with Gasteiger partial charge in [0.1, 0.15) is 5.75 Å². The minimum Gasteiger partial charge on any atom is -0.497 e. The summed E-state index contributed by atoms with van der Waals surface area (Å²) in [6, 6.07) is 16.6. The van der Waals surface area contributed by atoms with Crippen LogP contribution in [-0.4, -0.2) is 28.0 Å². The minimum absolute atomic E-state index is 0.775. The third-order valence-corrected chi connectivity index (χ3v) is 5.43. The molecule has 0 saturated carbocycles. The highest BCUT2D eigenvalue weighted by atomic mass is 32.2. The Morgan fingerprint density at radius 1 is 1.12 bits per heavy atom. The third kappa shape index (κ3) is 3.07. The van der Waals surface area contributed by atoms with Crippen molar-refractivity contribution >= 4 is 33.7 Å². The quantitative estimate of drug-likeness (QED) is 0.528. The molecule has 0 amide bonds. The number of nitrogens with zero attached hydrogens (tertiary/aromatic N) is 2. The van der Waals surface area contributed by atoms with Crippen LogP contribution in [0, 0.1) is 6.92 Å². The molecule has 4 nitrogen and oxygen atoms in total.